The van der Waals surface area contributed by atoms with Crippen LogP contribution in [-0.2, 0) is 6.42 Å². The SMILES string of the molecule is COc1ccc(C2c3c(n[nH]c3C)C(=O)N2CCc2c[nH]c3ccc(OC)cc23)cc1. The molecular weight excluding hydrogens is 392 g/mol. The molecular formula is C24H24N4O3. The summed E-state index contributed by atoms with van der Waals surface area (Å²) in [5.41, 5.74) is 5.63. The maximum Gasteiger partial charge on any atom is 0.275 e. The second-order valence-electron chi connectivity index (χ2n) is 7.76. The average Bonchev–Trinajstić information content (AvgIpc) is 3.46. The van der Waals surface area contributed by atoms with Gasteiger partial charge >= 0.3 is 0 Å². The molecule has 2 aromatic heterocycles. The number of rotatable bonds is 6. The lowest BCUT2D eigenvalue weighted by Gasteiger charge is -2.26. The molecule has 158 valence electrons. The lowest BCUT2D eigenvalue weighted by Crippen LogP contribution is -2.31. The Balaban J connectivity index is 1.48. The largest absolute Gasteiger partial charge is 0.497 e. The second kappa shape index (κ2) is 7.50. The lowest BCUT2D eigenvalue weighted by molar-refractivity contribution is 0.0745. The molecule has 1 atom stereocenters. The Kier molecular flexibility index (Phi) is 4.66. The molecule has 1 aliphatic heterocycles. The van der Waals surface area contributed by atoms with E-state index in [9.17, 15) is 4.79 Å². The minimum atomic E-state index is -0.174. The second-order valence-corrected chi connectivity index (χ2v) is 7.76. The number of aryl methyl sites for hydroxylation is 1. The van der Waals surface area contributed by atoms with Crippen molar-refractivity contribution in [2.24, 2.45) is 0 Å². The summed E-state index contributed by atoms with van der Waals surface area (Å²) < 4.78 is 10.7. The molecule has 31 heavy (non-hydrogen) atoms. The van der Waals surface area contributed by atoms with E-state index in [1.165, 1.54) is 0 Å². The van der Waals surface area contributed by atoms with E-state index < -0.39 is 0 Å². The van der Waals surface area contributed by atoms with E-state index in [0.717, 1.165) is 51.2 Å². The van der Waals surface area contributed by atoms with Crippen LogP contribution in [0.2, 0.25) is 0 Å². The molecule has 7 heteroatoms. The first-order valence-corrected chi connectivity index (χ1v) is 10.2. The van der Waals surface area contributed by atoms with Gasteiger partial charge in [0, 0.05) is 34.9 Å². The van der Waals surface area contributed by atoms with Crippen molar-refractivity contribution in [1.29, 1.82) is 0 Å². The Labute approximate surface area is 180 Å². The van der Waals surface area contributed by atoms with Crippen LogP contribution in [0.4, 0.5) is 0 Å². The molecule has 1 amide bonds. The van der Waals surface area contributed by atoms with Crippen LogP contribution in [0.3, 0.4) is 0 Å². The number of nitrogens with one attached hydrogen (secondary N) is 2. The Morgan fingerprint density at radius 3 is 2.55 bits per heavy atom. The zero-order valence-corrected chi connectivity index (χ0v) is 17.7. The Morgan fingerprint density at radius 1 is 1.06 bits per heavy atom. The molecule has 0 bridgehead atoms. The molecule has 1 aliphatic rings. The van der Waals surface area contributed by atoms with Crippen LogP contribution < -0.4 is 9.47 Å². The highest BCUT2D eigenvalue weighted by molar-refractivity contribution is 5.98. The van der Waals surface area contributed by atoms with Gasteiger partial charge in [-0.3, -0.25) is 9.89 Å². The van der Waals surface area contributed by atoms with Crippen molar-refractivity contribution >= 4 is 16.8 Å². The van der Waals surface area contributed by atoms with Crippen molar-refractivity contribution in [3.8, 4) is 11.5 Å². The number of aromatic nitrogens is 3. The fraction of sp³-hybridized carbons (Fsp3) is 0.250. The van der Waals surface area contributed by atoms with Gasteiger partial charge in [-0.2, -0.15) is 5.10 Å². The van der Waals surface area contributed by atoms with E-state index in [1.54, 1.807) is 14.2 Å². The highest BCUT2D eigenvalue weighted by atomic mass is 16.5. The maximum atomic E-state index is 13.2. The fourth-order valence-electron chi connectivity index (χ4n) is 4.44. The number of carbonyl (C=O) groups excluding carboxylic acids is 1. The molecule has 4 aromatic rings. The summed E-state index contributed by atoms with van der Waals surface area (Å²) in [6.45, 7) is 2.54. The number of nitrogens with zero attached hydrogens (tertiary/aromatic N) is 2. The smallest absolute Gasteiger partial charge is 0.275 e. The number of ether oxygens (including phenoxy) is 2. The highest BCUT2D eigenvalue weighted by Crippen LogP contribution is 2.40. The first kappa shape index (κ1) is 19.2. The minimum absolute atomic E-state index is 0.0439. The maximum absolute atomic E-state index is 13.2. The first-order chi connectivity index (χ1) is 15.1. The van der Waals surface area contributed by atoms with Crippen molar-refractivity contribution in [3.63, 3.8) is 0 Å². The third-order valence-corrected chi connectivity index (χ3v) is 6.07. The van der Waals surface area contributed by atoms with Gasteiger partial charge in [0.05, 0.1) is 20.3 Å². The molecule has 7 nitrogen and oxygen atoms in total. The topological polar surface area (TPSA) is 83.2 Å². The van der Waals surface area contributed by atoms with E-state index in [1.807, 2.05) is 60.5 Å². The molecule has 0 aliphatic carbocycles. The summed E-state index contributed by atoms with van der Waals surface area (Å²) in [5.74, 6) is 1.56. The van der Waals surface area contributed by atoms with E-state index in [4.69, 9.17) is 9.47 Å². The molecule has 3 heterocycles. The van der Waals surface area contributed by atoms with Gasteiger partial charge in [-0.05, 0) is 54.8 Å². The normalized spacial score (nSPS) is 15.5. The summed E-state index contributed by atoms with van der Waals surface area (Å²) in [7, 11) is 3.31. The van der Waals surface area contributed by atoms with Crippen molar-refractivity contribution in [3.05, 3.63) is 76.7 Å². The van der Waals surface area contributed by atoms with Crippen LogP contribution in [0.5, 0.6) is 11.5 Å². The molecule has 2 N–H and O–H groups in total. The Hall–Kier alpha value is -3.74. The van der Waals surface area contributed by atoms with Gasteiger partial charge < -0.3 is 19.4 Å². The van der Waals surface area contributed by atoms with Crippen LogP contribution in [0.1, 0.15) is 38.9 Å². The zero-order chi connectivity index (χ0) is 21.5. The van der Waals surface area contributed by atoms with Crippen molar-refractivity contribution in [2.45, 2.75) is 19.4 Å². The molecule has 1 unspecified atom stereocenters. The number of benzene rings is 2. The van der Waals surface area contributed by atoms with Gasteiger partial charge in [-0.1, -0.05) is 12.1 Å². The van der Waals surface area contributed by atoms with Gasteiger partial charge in [0.25, 0.3) is 5.91 Å². The molecule has 0 saturated carbocycles. The molecule has 0 fully saturated rings. The molecule has 0 saturated heterocycles. The van der Waals surface area contributed by atoms with Crippen molar-refractivity contribution in [1.82, 2.24) is 20.1 Å². The summed E-state index contributed by atoms with van der Waals surface area (Å²) in [6, 6.07) is 13.7. The average molecular weight is 416 g/mol. The number of aromatic amines is 2. The molecule has 0 spiro atoms. The predicted molar refractivity (Wildman–Crippen MR) is 118 cm³/mol. The van der Waals surface area contributed by atoms with Crippen LogP contribution in [-0.4, -0.2) is 46.8 Å². The van der Waals surface area contributed by atoms with E-state index >= 15 is 0 Å². The van der Waals surface area contributed by atoms with Crippen LogP contribution in [0.25, 0.3) is 10.9 Å². The molecule has 2 aromatic carbocycles. The highest BCUT2D eigenvalue weighted by Gasteiger charge is 2.41. The number of amides is 1. The standard InChI is InChI=1S/C24H24N4O3/c1-14-21-22(27-26-14)24(29)28(23(21)15-4-6-17(30-2)7-5-15)11-10-16-13-25-20-9-8-18(31-3)12-19(16)20/h4-9,12-13,23,25H,10-11H2,1-3H3,(H,26,27). The van der Waals surface area contributed by atoms with Gasteiger partial charge in [0.15, 0.2) is 5.69 Å². The van der Waals surface area contributed by atoms with Crippen LogP contribution in [0, 0.1) is 6.92 Å². The minimum Gasteiger partial charge on any atom is -0.497 e. The molecule has 5 rings (SSSR count). The summed E-state index contributed by atoms with van der Waals surface area (Å²) in [6.07, 6.45) is 2.73. The number of H-pyrrole nitrogens is 2. The van der Waals surface area contributed by atoms with E-state index in [0.29, 0.717) is 12.2 Å². The third kappa shape index (κ3) is 3.13. The monoisotopic (exact) mass is 416 g/mol. The van der Waals surface area contributed by atoms with Gasteiger partial charge in [0.1, 0.15) is 11.5 Å². The summed E-state index contributed by atoms with van der Waals surface area (Å²) in [4.78, 5) is 18.5. The van der Waals surface area contributed by atoms with Crippen LogP contribution >= 0.6 is 0 Å². The fourth-order valence-corrected chi connectivity index (χ4v) is 4.44. The number of carbonyl (C=O) groups is 1. The number of hydrogen-bond donors (Lipinski definition) is 2. The van der Waals surface area contributed by atoms with Gasteiger partial charge in [-0.15, -0.1) is 0 Å². The lowest BCUT2D eigenvalue weighted by atomic mass is 9.99. The quantitative estimate of drug-likeness (QED) is 0.498. The number of hydrogen-bond acceptors (Lipinski definition) is 4. The Morgan fingerprint density at radius 2 is 1.81 bits per heavy atom. The van der Waals surface area contributed by atoms with Gasteiger partial charge in [-0.25, -0.2) is 0 Å². The number of fused-ring (bicyclic) bond motifs is 2. The zero-order valence-electron chi connectivity index (χ0n) is 17.7. The summed E-state index contributed by atoms with van der Waals surface area (Å²) >= 11 is 0. The summed E-state index contributed by atoms with van der Waals surface area (Å²) in [5, 5.41) is 8.38. The van der Waals surface area contributed by atoms with Gasteiger partial charge in [0.2, 0.25) is 0 Å². The number of methoxy groups -OCH3 is 2. The third-order valence-electron chi connectivity index (χ3n) is 6.07. The van der Waals surface area contributed by atoms with E-state index in [2.05, 4.69) is 15.2 Å². The Bertz CT molecular complexity index is 1260. The van der Waals surface area contributed by atoms with Crippen molar-refractivity contribution in [2.75, 3.05) is 20.8 Å². The van der Waals surface area contributed by atoms with Crippen molar-refractivity contribution < 1.29 is 14.3 Å². The van der Waals surface area contributed by atoms with E-state index in [-0.39, 0.29) is 11.9 Å². The first-order valence-electron chi connectivity index (χ1n) is 10.2. The molecule has 0 radical (unpaired) electrons. The van der Waals surface area contributed by atoms with Crippen LogP contribution in [0.15, 0.2) is 48.7 Å². The predicted octanol–water partition coefficient (Wildman–Crippen LogP) is 4.00.